The fraction of sp³-hybridized carbons (Fsp3) is 0.348. The topological polar surface area (TPSA) is 76.4 Å². The first-order chi connectivity index (χ1) is 15.0. The van der Waals surface area contributed by atoms with Crippen molar-refractivity contribution in [1.82, 2.24) is 25.4 Å². The quantitative estimate of drug-likeness (QED) is 0.238. The molecule has 0 saturated heterocycles. The minimum absolute atomic E-state index is 0. The molecule has 0 aliphatic carbocycles. The summed E-state index contributed by atoms with van der Waals surface area (Å²) in [4.78, 5) is 9.21. The Morgan fingerprint density at radius 2 is 1.97 bits per heavy atom. The third-order valence-electron chi connectivity index (χ3n) is 4.75. The first kappa shape index (κ1) is 25.9. The number of methoxy groups -OCH3 is 1. The average molecular weight is 569 g/mol. The number of halogens is 2. The van der Waals surface area contributed by atoms with E-state index in [1.165, 1.54) is 0 Å². The van der Waals surface area contributed by atoms with E-state index in [1.54, 1.807) is 7.11 Å². The monoisotopic (exact) mass is 568 g/mol. The summed E-state index contributed by atoms with van der Waals surface area (Å²) >= 11 is 6.33. The van der Waals surface area contributed by atoms with Crippen LogP contribution in [0.1, 0.15) is 29.4 Å². The van der Waals surface area contributed by atoms with E-state index >= 15 is 0 Å². The number of hydrogen-bond acceptors (Lipinski definition) is 4. The molecule has 0 bridgehead atoms. The lowest BCUT2D eigenvalue weighted by Gasteiger charge is -2.12. The van der Waals surface area contributed by atoms with Gasteiger partial charge in [0.05, 0.1) is 19.3 Å². The summed E-state index contributed by atoms with van der Waals surface area (Å²) in [7, 11) is 1.63. The smallest absolute Gasteiger partial charge is 0.191 e. The van der Waals surface area contributed by atoms with Gasteiger partial charge in [0.15, 0.2) is 11.8 Å². The van der Waals surface area contributed by atoms with Crippen LogP contribution in [0.5, 0.6) is 5.75 Å². The van der Waals surface area contributed by atoms with Crippen molar-refractivity contribution < 1.29 is 4.74 Å². The summed E-state index contributed by atoms with van der Waals surface area (Å²) < 4.78 is 7.04. The maximum absolute atomic E-state index is 6.33. The van der Waals surface area contributed by atoms with Gasteiger partial charge in [0.1, 0.15) is 5.75 Å². The Labute approximate surface area is 211 Å². The summed E-state index contributed by atoms with van der Waals surface area (Å²) in [5, 5.41) is 11.8. The van der Waals surface area contributed by atoms with Gasteiger partial charge in [-0.1, -0.05) is 23.7 Å². The fourth-order valence-corrected chi connectivity index (χ4v) is 3.45. The Hall–Kier alpha value is -2.33. The molecule has 2 heterocycles. The highest BCUT2D eigenvalue weighted by Gasteiger charge is 2.06. The molecule has 2 N–H and O–H groups in total. The zero-order chi connectivity index (χ0) is 22.2. The molecule has 3 rings (SSSR count). The average Bonchev–Trinajstić information content (AvgIpc) is 3.11. The molecule has 9 heteroatoms. The highest BCUT2D eigenvalue weighted by molar-refractivity contribution is 14.0. The maximum Gasteiger partial charge on any atom is 0.191 e. The predicted octanol–water partition coefficient (Wildman–Crippen LogP) is 4.46. The molecular weight excluding hydrogens is 539 g/mol. The molecule has 3 aromatic rings. The number of benzene rings is 1. The number of rotatable bonds is 8. The third kappa shape index (κ3) is 7.09. The number of aliphatic imine (C=N–C) groups is 1. The minimum atomic E-state index is 0. The van der Waals surface area contributed by atoms with E-state index < -0.39 is 0 Å². The second-order valence-electron chi connectivity index (χ2n) is 7.19. The van der Waals surface area contributed by atoms with Gasteiger partial charge in [0, 0.05) is 30.0 Å². The van der Waals surface area contributed by atoms with Crippen LogP contribution in [-0.4, -0.2) is 40.9 Å². The van der Waals surface area contributed by atoms with Crippen molar-refractivity contribution in [2.24, 2.45) is 4.99 Å². The summed E-state index contributed by atoms with van der Waals surface area (Å²) in [5.74, 6) is 2.32. The first-order valence-corrected chi connectivity index (χ1v) is 10.7. The highest BCUT2D eigenvalue weighted by atomic mass is 127. The molecule has 0 amide bonds. The lowest BCUT2D eigenvalue weighted by Crippen LogP contribution is -2.38. The van der Waals surface area contributed by atoms with E-state index in [0.717, 1.165) is 53.0 Å². The molecule has 172 valence electrons. The number of ether oxygens (including phenoxy) is 1. The third-order valence-corrected chi connectivity index (χ3v) is 5.10. The SMILES string of the molecule is CCNC(=NCc1ccc(-n2nc(C)cc2C)nc1)NCCc1ccc(OC)cc1Cl.I. The number of aryl methyl sites for hydroxylation is 2. The molecule has 0 aliphatic heterocycles. The molecule has 0 atom stereocenters. The number of nitrogens with zero attached hydrogens (tertiary/aromatic N) is 4. The Morgan fingerprint density at radius 1 is 1.16 bits per heavy atom. The van der Waals surface area contributed by atoms with Gasteiger partial charge in [-0.25, -0.2) is 14.7 Å². The molecular formula is C23H30ClIN6O. The zero-order valence-corrected chi connectivity index (χ0v) is 21.9. The number of hydrogen-bond donors (Lipinski definition) is 2. The number of guanidine groups is 1. The maximum atomic E-state index is 6.33. The van der Waals surface area contributed by atoms with E-state index in [-0.39, 0.29) is 24.0 Å². The predicted molar refractivity (Wildman–Crippen MR) is 141 cm³/mol. The Morgan fingerprint density at radius 3 is 2.56 bits per heavy atom. The van der Waals surface area contributed by atoms with Crippen molar-refractivity contribution in [3.8, 4) is 11.6 Å². The lowest BCUT2D eigenvalue weighted by atomic mass is 10.1. The summed E-state index contributed by atoms with van der Waals surface area (Å²) in [6, 6.07) is 11.8. The standard InChI is InChI=1S/C23H29ClN6O.HI/c1-5-25-23(26-11-10-19-7-8-20(31-4)13-21(19)24)28-15-18-6-9-22(27-14-18)30-17(3)12-16(2)29-30;/h6-9,12-14H,5,10-11,15H2,1-4H3,(H2,25,26,28);1H. The second kappa shape index (κ2) is 12.6. The minimum Gasteiger partial charge on any atom is -0.497 e. The van der Waals surface area contributed by atoms with Gasteiger partial charge >= 0.3 is 0 Å². The Balaban J connectivity index is 0.00000363. The van der Waals surface area contributed by atoms with Gasteiger partial charge in [-0.15, -0.1) is 24.0 Å². The molecule has 32 heavy (non-hydrogen) atoms. The van der Waals surface area contributed by atoms with E-state index in [1.807, 2.05) is 68.0 Å². The van der Waals surface area contributed by atoms with Crippen LogP contribution >= 0.6 is 35.6 Å². The number of aromatic nitrogens is 3. The van der Waals surface area contributed by atoms with Crippen molar-refractivity contribution in [3.63, 3.8) is 0 Å². The van der Waals surface area contributed by atoms with Crippen molar-refractivity contribution in [2.75, 3.05) is 20.2 Å². The van der Waals surface area contributed by atoms with Gasteiger partial charge < -0.3 is 15.4 Å². The Bertz CT molecular complexity index is 1040. The van der Waals surface area contributed by atoms with E-state index in [2.05, 4.69) is 25.7 Å². The zero-order valence-electron chi connectivity index (χ0n) is 18.9. The molecule has 0 spiro atoms. The molecule has 1 aromatic carbocycles. The summed E-state index contributed by atoms with van der Waals surface area (Å²) in [5.41, 5.74) is 4.13. The molecule has 0 saturated carbocycles. The summed E-state index contributed by atoms with van der Waals surface area (Å²) in [6.45, 7) is 8.07. The van der Waals surface area contributed by atoms with Gasteiger partial charge in [-0.05, 0) is 62.6 Å². The van der Waals surface area contributed by atoms with E-state index in [4.69, 9.17) is 16.3 Å². The van der Waals surface area contributed by atoms with Crippen molar-refractivity contribution in [1.29, 1.82) is 0 Å². The van der Waals surface area contributed by atoms with Crippen LogP contribution in [-0.2, 0) is 13.0 Å². The van der Waals surface area contributed by atoms with Crippen LogP contribution in [0.25, 0.3) is 5.82 Å². The van der Waals surface area contributed by atoms with Crippen LogP contribution in [0, 0.1) is 13.8 Å². The van der Waals surface area contributed by atoms with Gasteiger partial charge in [0.2, 0.25) is 0 Å². The first-order valence-electron chi connectivity index (χ1n) is 10.3. The molecule has 2 aromatic heterocycles. The van der Waals surface area contributed by atoms with Crippen LogP contribution in [0.2, 0.25) is 5.02 Å². The summed E-state index contributed by atoms with van der Waals surface area (Å²) in [6.07, 6.45) is 2.63. The molecule has 0 radical (unpaired) electrons. The fourth-order valence-electron chi connectivity index (χ4n) is 3.18. The molecule has 0 fully saturated rings. The van der Waals surface area contributed by atoms with E-state index in [0.29, 0.717) is 18.1 Å². The van der Waals surface area contributed by atoms with Gasteiger partial charge in [0.25, 0.3) is 0 Å². The van der Waals surface area contributed by atoms with E-state index in [9.17, 15) is 0 Å². The molecule has 0 unspecified atom stereocenters. The second-order valence-corrected chi connectivity index (χ2v) is 7.60. The van der Waals surface area contributed by atoms with Gasteiger partial charge in [-0.2, -0.15) is 5.10 Å². The van der Waals surface area contributed by atoms with Crippen molar-refractivity contribution >= 4 is 41.5 Å². The van der Waals surface area contributed by atoms with Gasteiger partial charge in [-0.3, -0.25) is 0 Å². The van der Waals surface area contributed by atoms with Crippen molar-refractivity contribution in [3.05, 3.63) is 70.1 Å². The molecule has 7 nitrogen and oxygen atoms in total. The van der Waals surface area contributed by atoms with Crippen LogP contribution in [0.3, 0.4) is 0 Å². The molecule has 0 aliphatic rings. The van der Waals surface area contributed by atoms with Crippen molar-refractivity contribution in [2.45, 2.75) is 33.7 Å². The largest absolute Gasteiger partial charge is 0.497 e. The Kier molecular flexibility index (Phi) is 10.2. The number of pyridine rings is 1. The van der Waals surface area contributed by atoms with Crippen LogP contribution < -0.4 is 15.4 Å². The van der Waals surface area contributed by atoms with Crippen LogP contribution in [0.4, 0.5) is 0 Å². The highest BCUT2D eigenvalue weighted by Crippen LogP contribution is 2.22. The number of nitrogens with one attached hydrogen (secondary N) is 2. The normalized spacial score (nSPS) is 11.1. The lowest BCUT2D eigenvalue weighted by molar-refractivity contribution is 0.414. The van der Waals surface area contributed by atoms with Crippen LogP contribution in [0.15, 0.2) is 47.6 Å².